The zero-order valence-corrected chi connectivity index (χ0v) is 46.5. The van der Waals surface area contributed by atoms with Crippen molar-refractivity contribution in [3.8, 4) is 113 Å². The summed E-state index contributed by atoms with van der Waals surface area (Å²) in [4.78, 5) is 42.7. The van der Waals surface area contributed by atoms with Gasteiger partial charge in [0.15, 0.2) is 23.3 Å². The predicted molar refractivity (Wildman–Crippen MR) is 348 cm³/mol. The summed E-state index contributed by atoms with van der Waals surface area (Å²) in [5.74, 6) is 2.73. The van der Waals surface area contributed by atoms with Gasteiger partial charge in [-0.3, -0.25) is 4.90 Å². The van der Waals surface area contributed by atoms with Gasteiger partial charge in [0.05, 0.1) is 51.2 Å². The smallest absolute Gasteiger partial charge is 0.238 e. The molecule has 15 rings (SSSR count). The van der Waals surface area contributed by atoms with Crippen LogP contribution in [0.3, 0.4) is 0 Å². The molecule has 9 heteroatoms. The maximum Gasteiger partial charge on any atom is 0.238 e. The molecule has 0 atom stereocenters. The summed E-state index contributed by atoms with van der Waals surface area (Å²) in [6, 6.07) is 106. The van der Waals surface area contributed by atoms with Crippen LogP contribution in [0.1, 0.15) is 0 Å². The summed E-state index contributed by atoms with van der Waals surface area (Å²) < 4.78 is 0. The van der Waals surface area contributed by atoms with E-state index >= 15 is 0 Å². The molecule has 9 nitrogen and oxygen atoms in total. The molecule has 0 amide bonds. The summed E-state index contributed by atoms with van der Waals surface area (Å²) in [7, 11) is 0. The van der Waals surface area contributed by atoms with E-state index in [0.717, 1.165) is 112 Å². The van der Waals surface area contributed by atoms with Crippen molar-refractivity contribution in [3.05, 3.63) is 309 Å². The van der Waals surface area contributed by atoms with Crippen LogP contribution in [-0.4, -0.2) is 34.9 Å². The van der Waals surface area contributed by atoms with Crippen LogP contribution in [0.2, 0.25) is 0 Å². The van der Waals surface area contributed by atoms with E-state index in [-0.39, 0.29) is 0 Å². The van der Waals surface area contributed by atoms with Crippen LogP contribution in [0.25, 0.3) is 113 Å². The lowest BCUT2D eigenvalue weighted by Gasteiger charge is -2.41. The monoisotopic (exact) mass is 1100 g/mol. The molecule has 0 saturated carbocycles. The molecule has 0 radical (unpaired) electrons. The van der Waals surface area contributed by atoms with Crippen molar-refractivity contribution in [2.45, 2.75) is 0 Å². The first kappa shape index (κ1) is 51.1. The van der Waals surface area contributed by atoms with Gasteiger partial charge in [-0.15, -0.1) is 0 Å². The van der Waals surface area contributed by atoms with Crippen molar-refractivity contribution < 1.29 is 0 Å². The summed E-state index contributed by atoms with van der Waals surface area (Å²) in [5.41, 5.74) is 18.4. The average molecular weight is 1100 g/mol. The minimum absolute atomic E-state index is 0.474. The maximum atomic E-state index is 5.69. The molecule has 86 heavy (non-hydrogen) atoms. The van der Waals surface area contributed by atoms with Crippen molar-refractivity contribution in [2.24, 2.45) is 0 Å². The topological polar surface area (TPSA) is 96.7 Å². The highest BCUT2D eigenvalue weighted by Gasteiger charge is 2.37. The second-order valence-electron chi connectivity index (χ2n) is 20.9. The van der Waals surface area contributed by atoms with Gasteiger partial charge in [-0.2, -0.15) is 9.97 Å². The summed E-state index contributed by atoms with van der Waals surface area (Å²) in [6.45, 7) is 0. The Balaban J connectivity index is 1.09. The number of para-hydroxylation sites is 4. The van der Waals surface area contributed by atoms with Crippen LogP contribution in [0, 0.1) is 0 Å². The van der Waals surface area contributed by atoms with Crippen LogP contribution >= 0.6 is 0 Å². The Bertz CT molecular complexity index is 4510. The van der Waals surface area contributed by atoms with E-state index in [1.54, 1.807) is 0 Å². The molecule has 0 aliphatic carbocycles. The van der Waals surface area contributed by atoms with Gasteiger partial charge in [-0.05, 0) is 53.6 Å². The van der Waals surface area contributed by atoms with Crippen molar-refractivity contribution in [3.63, 3.8) is 0 Å². The molecule has 0 spiro atoms. The molecule has 404 valence electrons. The van der Waals surface area contributed by atoms with Gasteiger partial charge in [0.2, 0.25) is 5.95 Å². The van der Waals surface area contributed by atoms with Crippen molar-refractivity contribution >= 4 is 34.4 Å². The largest absolute Gasteiger partial charge is 0.305 e. The molecule has 11 aromatic carbocycles. The van der Waals surface area contributed by atoms with Crippen LogP contribution in [0.15, 0.2) is 309 Å². The van der Waals surface area contributed by atoms with Gasteiger partial charge in [0.1, 0.15) is 0 Å². The summed E-state index contributed by atoms with van der Waals surface area (Å²) >= 11 is 0. The molecule has 0 fully saturated rings. The quantitative estimate of drug-likeness (QED) is 0.118. The SMILES string of the molecule is c1ccc(-c2cc(-c3cc(-c4nc(-c5ccccc5)cc(-c5ccccc5)n4)c(-c4ccccc4)c(-c4ccccc4)c3N3c4ccccc4N(c4nc(-c5ccccc5)nc(-c5ccccc5)n4)c4ccccc43)nc(-c3ccccc3)n2)cc1. The van der Waals surface area contributed by atoms with E-state index in [0.29, 0.717) is 34.9 Å². The third kappa shape index (κ3) is 9.70. The van der Waals surface area contributed by atoms with E-state index in [9.17, 15) is 0 Å². The first-order chi connectivity index (χ1) is 42.7. The molecule has 3 aromatic heterocycles. The van der Waals surface area contributed by atoms with E-state index < -0.39 is 0 Å². The Kier molecular flexibility index (Phi) is 13.4. The minimum atomic E-state index is 0.474. The molecular formula is C77H51N9. The number of benzene rings is 11. The molecule has 14 aromatic rings. The molecule has 0 bridgehead atoms. The van der Waals surface area contributed by atoms with Crippen LogP contribution in [0.5, 0.6) is 0 Å². The third-order valence-corrected chi connectivity index (χ3v) is 15.5. The number of hydrogen-bond acceptors (Lipinski definition) is 9. The maximum absolute atomic E-state index is 5.69. The Morgan fingerprint density at radius 2 is 0.488 bits per heavy atom. The second kappa shape index (κ2) is 22.5. The lowest BCUT2D eigenvalue weighted by atomic mass is 9.84. The van der Waals surface area contributed by atoms with Crippen molar-refractivity contribution in [1.82, 2.24) is 34.9 Å². The normalized spacial score (nSPS) is 11.7. The third-order valence-electron chi connectivity index (χ3n) is 15.5. The highest BCUT2D eigenvalue weighted by atomic mass is 15.3. The fourth-order valence-corrected chi connectivity index (χ4v) is 11.5. The van der Waals surface area contributed by atoms with Gasteiger partial charge in [-0.25, -0.2) is 24.9 Å². The van der Waals surface area contributed by atoms with E-state index in [2.05, 4.69) is 222 Å². The van der Waals surface area contributed by atoms with Gasteiger partial charge in [-0.1, -0.05) is 267 Å². The Labute approximate surface area is 498 Å². The number of rotatable bonds is 12. The molecule has 1 aliphatic rings. The van der Waals surface area contributed by atoms with Gasteiger partial charge < -0.3 is 4.90 Å². The molecular weight excluding hydrogens is 1050 g/mol. The van der Waals surface area contributed by atoms with Crippen LogP contribution in [-0.2, 0) is 0 Å². The number of fused-ring (bicyclic) bond motifs is 2. The molecule has 0 saturated heterocycles. The Morgan fingerprint density at radius 3 is 0.884 bits per heavy atom. The Hall–Kier alpha value is -11.8. The molecule has 0 N–H and O–H groups in total. The van der Waals surface area contributed by atoms with E-state index in [1.807, 2.05) is 97.1 Å². The fraction of sp³-hybridized carbons (Fsp3) is 0. The zero-order chi connectivity index (χ0) is 57.2. The standard InChI is InChI=1S/C77H51N9/c1-9-29-52(30-10-1)62-50-63(53-31-11-2-12-32-53)80-76(79-62)61-49-60(65-51-64(54-33-13-3-14-34-54)78-73(81-65)57-39-19-6-20-40-57)72(71(56-37-17-5-18-38-56)70(61)55-35-15-4-16-36-55)85-66-45-25-27-47-68(66)86(69-48-28-26-46-67(69)85)77-83-74(58-41-21-7-22-42-58)82-75(84-77)59-43-23-8-24-44-59/h1-51H. The fourth-order valence-electron chi connectivity index (χ4n) is 11.5. The lowest BCUT2D eigenvalue weighted by molar-refractivity contribution is 1.01. The van der Waals surface area contributed by atoms with Crippen molar-refractivity contribution in [2.75, 3.05) is 9.80 Å². The number of anilines is 6. The zero-order valence-electron chi connectivity index (χ0n) is 46.5. The summed E-state index contributed by atoms with van der Waals surface area (Å²) in [6.07, 6.45) is 0. The molecule has 1 aliphatic heterocycles. The summed E-state index contributed by atoms with van der Waals surface area (Å²) in [5, 5.41) is 0. The highest BCUT2D eigenvalue weighted by Crippen LogP contribution is 2.60. The first-order valence-electron chi connectivity index (χ1n) is 28.6. The minimum Gasteiger partial charge on any atom is -0.305 e. The molecule has 4 heterocycles. The van der Waals surface area contributed by atoms with E-state index in [1.165, 1.54) is 0 Å². The van der Waals surface area contributed by atoms with E-state index in [4.69, 9.17) is 34.9 Å². The Morgan fingerprint density at radius 1 is 0.198 bits per heavy atom. The van der Waals surface area contributed by atoms with Gasteiger partial charge >= 0.3 is 0 Å². The molecule has 0 unspecified atom stereocenters. The van der Waals surface area contributed by atoms with Gasteiger partial charge in [0, 0.05) is 55.6 Å². The highest BCUT2D eigenvalue weighted by molar-refractivity contribution is 6.12. The average Bonchev–Trinajstić information content (AvgIpc) is 1.43. The predicted octanol–water partition coefficient (Wildman–Crippen LogP) is 19.4. The number of nitrogens with zero attached hydrogens (tertiary/aromatic N) is 9. The van der Waals surface area contributed by atoms with Crippen molar-refractivity contribution in [1.29, 1.82) is 0 Å². The second-order valence-corrected chi connectivity index (χ2v) is 20.9. The number of hydrogen-bond donors (Lipinski definition) is 0. The number of aromatic nitrogens is 7. The van der Waals surface area contributed by atoms with Gasteiger partial charge in [0.25, 0.3) is 0 Å². The first-order valence-corrected chi connectivity index (χ1v) is 28.6. The van der Waals surface area contributed by atoms with Crippen LogP contribution in [0.4, 0.5) is 34.4 Å². The lowest BCUT2D eigenvalue weighted by Crippen LogP contribution is -2.26. The van der Waals surface area contributed by atoms with Crippen LogP contribution < -0.4 is 9.80 Å².